The van der Waals surface area contributed by atoms with Crippen molar-refractivity contribution in [2.45, 2.75) is 43.9 Å². The Hall–Kier alpha value is -1.34. The first-order valence-corrected chi connectivity index (χ1v) is 4.78. The number of alkyl halides is 4. The quantitative estimate of drug-likeness (QED) is 0.651. The molecule has 0 bridgehead atoms. The molecule has 17 heavy (non-hydrogen) atoms. The van der Waals surface area contributed by atoms with Gasteiger partial charge in [0.15, 0.2) is 12.3 Å². The van der Waals surface area contributed by atoms with Gasteiger partial charge in [0.05, 0.1) is 0 Å². The fraction of sp³-hybridized carbons (Fsp3) is 0.778. The molecule has 2 N–H and O–H groups in total. The van der Waals surface area contributed by atoms with Crippen LogP contribution in [0.1, 0.15) is 19.3 Å². The van der Waals surface area contributed by atoms with Crippen molar-refractivity contribution in [1.82, 2.24) is 0 Å². The minimum atomic E-state index is -3.14. The largest absolute Gasteiger partial charge is 0.481 e. The number of hydrogen-bond acceptors (Lipinski definition) is 2. The summed E-state index contributed by atoms with van der Waals surface area (Å²) in [6.45, 7) is 0. The summed E-state index contributed by atoms with van der Waals surface area (Å²) in [5.74, 6) is -3.43. The predicted molar refractivity (Wildman–Crippen MR) is 48.7 cm³/mol. The maximum atomic E-state index is 13.0. The van der Waals surface area contributed by atoms with Crippen molar-refractivity contribution in [2.75, 3.05) is 0 Å². The van der Waals surface area contributed by atoms with E-state index in [1.165, 1.54) is 0 Å². The minimum absolute atomic E-state index is 0.242. The summed E-state index contributed by atoms with van der Waals surface area (Å²) in [4.78, 5) is 20.0. The predicted octanol–water partition coefficient (Wildman–Crippen LogP) is 1.68. The smallest absolute Gasteiger partial charge is 0.341 e. The Morgan fingerprint density at radius 1 is 1.00 bits per heavy atom. The molecule has 0 aromatic carbocycles. The Bertz CT molecular complexity index is 274. The highest BCUT2D eigenvalue weighted by Gasteiger charge is 2.39. The second-order valence-corrected chi connectivity index (χ2v) is 3.43. The molecule has 0 radical (unpaired) electrons. The zero-order valence-electron chi connectivity index (χ0n) is 8.65. The van der Waals surface area contributed by atoms with Crippen molar-refractivity contribution >= 4 is 11.9 Å². The molecule has 0 aromatic heterocycles. The van der Waals surface area contributed by atoms with Crippen LogP contribution in [-0.2, 0) is 9.59 Å². The van der Waals surface area contributed by atoms with Crippen LogP contribution in [0.2, 0.25) is 0 Å². The first-order chi connectivity index (χ1) is 7.77. The highest BCUT2D eigenvalue weighted by molar-refractivity contribution is 5.73. The average molecular weight is 260 g/mol. The Morgan fingerprint density at radius 3 is 1.94 bits per heavy atom. The molecule has 0 rings (SSSR count). The van der Waals surface area contributed by atoms with E-state index in [2.05, 4.69) is 0 Å². The van der Waals surface area contributed by atoms with Crippen LogP contribution >= 0.6 is 0 Å². The molecular formula is C9H12F4O4. The van der Waals surface area contributed by atoms with E-state index >= 15 is 0 Å². The maximum Gasteiger partial charge on any atom is 0.341 e. The fourth-order valence-corrected chi connectivity index (χ4v) is 1.10. The molecular weight excluding hydrogens is 248 g/mol. The molecule has 0 heterocycles. The van der Waals surface area contributed by atoms with E-state index in [1.807, 2.05) is 0 Å². The van der Waals surface area contributed by atoms with Crippen molar-refractivity contribution in [3.63, 3.8) is 0 Å². The van der Waals surface area contributed by atoms with Crippen LogP contribution in [0.3, 0.4) is 0 Å². The molecule has 4 unspecified atom stereocenters. The molecule has 4 atom stereocenters. The molecule has 0 aliphatic rings. The normalized spacial score (nSPS) is 18.1. The molecule has 0 aliphatic heterocycles. The first-order valence-electron chi connectivity index (χ1n) is 4.78. The second-order valence-electron chi connectivity index (χ2n) is 3.43. The molecule has 4 nitrogen and oxygen atoms in total. The SMILES string of the molecule is O=C(O)CCCC(F)C(F)C(F)C(F)C(=O)O. The van der Waals surface area contributed by atoms with Crippen LogP contribution in [0.5, 0.6) is 0 Å². The van der Waals surface area contributed by atoms with Crippen LogP contribution < -0.4 is 0 Å². The average Bonchev–Trinajstić information content (AvgIpc) is 2.25. The first kappa shape index (κ1) is 15.7. The highest BCUT2D eigenvalue weighted by Crippen LogP contribution is 2.21. The third-order valence-electron chi connectivity index (χ3n) is 2.04. The Labute approximate surface area is 94.2 Å². The summed E-state index contributed by atoms with van der Waals surface area (Å²) in [5.41, 5.74) is 0. The molecule has 0 aromatic rings. The lowest BCUT2D eigenvalue weighted by Crippen LogP contribution is -2.39. The Morgan fingerprint density at radius 2 is 1.53 bits per heavy atom. The van der Waals surface area contributed by atoms with Gasteiger partial charge in [-0.2, -0.15) is 0 Å². The van der Waals surface area contributed by atoms with Crippen LogP contribution in [0, 0.1) is 0 Å². The van der Waals surface area contributed by atoms with Gasteiger partial charge < -0.3 is 10.2 Å². The summed E-state index contributed by atoms with van der Waals surface area (Å²) >= 11 is 0. The number of carbonyl (C=O) groups is 2. The Balaban J connectivity index is 4.15. The summed E-state index contributed by atoms with van der Waals surface area (Å²) in [7, 11) is 0. The molecule has 0 saturated heterocycles. The number of carboxylic acid groups (broad SMARTS) is 2. The molecule has 100 valence electrons. The van der Waals surface area contributed by atoms with Gasteiger partial charge >= 0.3 is 11.9 Å². The molecule has 0 spiro atoms. The maximum absolute atomic E-state index is 13.0. The topological polar surface area (TPSA) is 74.6 Å². The summed E-state index contributed by atoms with van der Waals surface area (Å²) in [6.07, 6.45) is -12.9. The van der Waals surface area contributed by atoms with Gasteiger partial charge in [-0.05, 0) is 12.8 Å². The van der Waals surface area contributed by atoms with E-state index in [-0.39, 0.29) is 6.42 Å². The van der Waals surface area contributed by atoms with Crippen LogP contribution in [-0.4, -0.2) is 46.8 Å². The van der Waals surface area contributed by atoms with Gasteiger partial charge in [-0.1, -0.05) is 0 Å². The van der Waals surface area contributed by atoms with Gasteiger partial charge in [0.1, 0.15) is 6.17 Å². The summed E-state index contributed by atoms with van der Waals surface area (Å²) < 4.78 is 51.2. The van der Waals surface area contributed by atoms with Crippen LogP contribution in [0.25, 0.3) is 0 Å². The van der Waals surface area contributed by atoms with E-state index in [1.54, 1.807) is 0 Å². The fourth-order valence-electron chi connectivity index (χ4n) is 1.10. The zero-order chi connectivity index (χ0) is 13.6. The highest BCUT2D eigenvalue weighted by atomic mass is 19.2. The van der Waals surface area contributed by atoms with Gasteiger partial charge in [-0.15, -0.1) is 0 Å². The molecule has 8 heteroatoms. The monoisotopic (exact) mass is 260 g/mol. The zero-order valence-corrected chi connectivity index (χ0v) is 8.65. The third-order valence-corrected chi connectivity index (χ3v) is 2.04. The molecule has 0 saturated carbocycles. The molecule has 0 amide bonds. The number of aliphatic carboxylic acids is 2. The second kappa shape index (κ2) is 7.08. The lowest BCUT2D eigenvalue weighted by Gasteiger charge is -2.18. The summed E-state index contributed by atoms with van der Waals surface area (Å²) in [6, 6.07) is 0. The van der Waals surface area contributed by atoms with Crippen molar-refractivity contribution in [1.29, 1.82) is 0 Å². The van der Waals surface area contributed by atoms with Gasteiger partial charge in [0, 0.05) is 6.42 Å². The van der Waals surface area contributed by atoms with E-state index in [9.17, 15) is 27.2 Å². The Kier molecular flexibility index (Phi) is 6.52. The van der Waals surface area contributed by atoms with Crippen LogP contribution in [0.4, 0.5) is 17.6 Å². The van der Waals surface area contributed by atoms with E-state index in [4.69, 9.17) is 10.2 Å². The van der Waals surface area contributed by atoms with E-state index in [0.717, 1.165) is 0 Å². The van der Waals surface area contributed by atoms with Gasteiger partial charge in [-0.3, -0.25) is 4.79 Å². The van der Waals surface area contributed by atoms with E-state index in [0.29, 0.717) is 0 Å². The lowest BCUT2D eigenvalue weighted by molar-refractivity contribution is -0.147. The van der Waals surface area contributed by atoms with Crippen molar-refractivity contribution in [3.05, 3.63) is 0 Å². The standard InChI is InChI=1S/C9H12F4O4/c10-4(2-1-3-5(14)15)6(11)7(12)8(13)9(16)17/h4,6-8H,1-3H2,(H,14,15)(H,16,17). The van der Waals surface area contributed by atoms with Crippen molar-refractivity contribution in [3.8, 4) is 0 Å². The molecule has 0 aliphatic carbocycles. The van der Waals surface area contributed by atoms with Gasteiger partial charge in [0.25, 0.3) is 0 Å². The number of carboxylic acids is 2. The molecule has 0 fully saturated rings. The van der Waals surface area contributed by atoms with Gasteiger partial charge in [-0.25, -0.2) is 22.4 Å². The lowest BCUT2D eigenvalue weighted by atomic mass is 10.0. The number of halogens is 4. The van der Waals surface area contributed by atoms with Crippen molar-refractivity contribution < 1.29 is 37.4 Å². The van der Waals surface area contributed by atoms with Crippen molar-refractivity contribution in [2.24, 2.45) is 0 Å². The number of hydrogen-bond donors (Lipinski definition) is 2. The number of rotatable bonds is 8. The summed E-state index contributed by atoms with van der Waals surface area (Å²) in [5, 5.41) is 16.3. The van der Waals surface area contributed by atoms with Gasteiger partial charge in [0.2, 0.25) is 6.17 Å². The minimum Gasteiger partial charge on any atom is -0.481 e. The van der Waals surface area contributed by atoms with Crippen LogP contribution in [0.15, 0.2) is 0 Å². The van der Waals surface area contributed by atoms with E-state index < -0.39 is 49.5 Å². The third kappa shape index (κ3) is 5.50.